The van der Waals surface area contributed by atoms with Crippen LogP contribution in [0.4, 0.5) is 9.52 Å². The summed E-state index contributed by atoms with van der Waals surface area (Å²) < 4.78 is 21.6. The first kappa shape index (κ1) is 21.2. The van der Waals surface area contributed by atoms with Gasteiger partial charge in [0.15, 0.2) is 16.7 Å². The van der Waals surface area contributed by atoms with Gasteiger partial charge in [0.05, 0.1) is 15.8 Å². The van der Waals surface area contributed by atoms with Crippen LogP contribution in [0.5, 0.6) is 0 Å². The second kappa shape index (κ2) is 7.89. The number of hydrogen-bond acceptors (Lipinski definition) is 6. The fraction of sp³-hybridized carbons (Fsp3) is 0.0741. The van der Waals surface area contributed by atoms with Gasteiger partial charge in [-0.05, 0) is 42.8 Å². The monoisotopic (exact) mass is 484 g/mol. The molecule has 0 saturated carbocycles. The number of anilines is 1. The van der Waals surface area contributed by atoms with Crippen LogP contribution in [-0.2, 0) is 4.79 Å². The van der Waals surface area contributed by atoms with E-state index < -0.39 is 29.3 Å². The third kappa shape index (κ3) is 3.33. The lowest BCUT2D eigenvalue weighted by Gasteiger charge is -2.24. The molecule has 35 heavy (non-hydrogen) atoms. The number of ketones is 1. The van der Waals surface area contributed by atoms with Crippen molar-refractivity contribution in [2.75, 3.05) is 4.90 Å². The Morgan fingerprint density at radius 3 is 2.66 bits per heavy atom. The third-order valence-corrected chi connectivity index (χ3v) is 7.06. The number of rotatable bonds is 4. The molecule has 1 amide bonds. The number of aliphatic hydroxyl groups is 1. The molecule has 2 aromatic heterocycles. The van der Waals surface area contributed by atoms with Crippen LogP contribution in [0.3, 0.4) is 0 Å². The first-order valence-electron chi connectivity index (χ1n) is 10.8. The summed E-state index contributed by atoms with van der Waals surface area (Å²) in [6.45, 7) is 1.94. The van der Waals surface area contributed by atoms with Gasteiger partial charge in [0.1, 0.15) is 17.4 Å². The van der Waals surface area contributed by atoms with Crippen molar-refractivity contribution in [3.8, 4) is 0 Å². The summed E-state index contributed by atoms with van der Waals surface area (Å²) in [5.74, 6) is -2.94. The summed E-state index contributed by atoms with van der Waals surface area (Å²) in [6, 6.07) is 18.9. The number of aliphatic hydroxyl groups excluding tert-OH is 1. The van der Waals surface area contributed by atoms with Gasteiger partial charge in [-0.25, -0.2) is 9.37 Å². The zero-order chi connectivity index (χ0) is 24.3. The van der Waals surface area contributed by atoms with Crippen molar-refractivity contribution in [2.45, 2.75) is 13.0 Å². The summed E-state index contributed by atoms with van der Waals surface area (Å²) in [4.78, 5) is 32.7. The van der Waals surface area contributed by atoms with Gasteiger partial charge in [-0.15, -0.1) is 0 Å². The number of benzene rings is 3. The molecule has 0 saturated heterocycles. The highest BCUT2D eigenvalue weighted by Crippen LogP contribution is 2.45. The Balaban J connectivity index is 1.53. The second-order valence-corrected chi connectivity index (χ2v) is 9.32. The average Bonchev–Trinajstić information content (AvgIpc) is 3.53. The van der Waals surface area contributed by atoms with Gasteiger partial charge >= 0.3 is 0 Å². The lowest BCUT2D eigenvalue weighted by Crippen LogP contribution is -2.31. The molecule has 0 radical (unpaired) electrons. The molecule has 6 rings (SSSR count). The summed E-state index contributed by atoms with van der Waals surface area (Å²) in [7, 11) is 0. The van der Waals surface area contributed by atoms with Crippen molar-refractivity contribution >= 4 is 49.3 Å². The molecule has 8 heteroatoms. The first-order valence-corrected chi connectivity index (χ1v) is 11.7. The molecule has 6 nitrogen and oxygen atoms in total. The molecule has 3 heterocycles. The van der Waals surface area contributed by atoms with E-state index in [2.05, 4.69) is 4.98 Å². The van der Waals surface area contributed by atoms with E-state index in [0.29, 0.717) is 16.5 Å². The number of thiazole rings is 1. The molecule has 172 valence electrons. The number of hydrogen-bond donors (Lipinski definition) is 1. The summed E-state index contributed by atoms with van der Waals surface area (Å²) in [6.07, 6.45) is 0. The molecule has 0 aliphatic carbocycles. The fourth-order valence-electron chi connectivity index (χ4n) is 4.37. The molecule has 1 aliphatic rings. The number of amides is 1. The Bertz CT molecular complexity index is 1670. The van der Waals surface area contributed by atoms with Crippen LogP contribution >= 0.6 is 11.3 Å². The largest absolute Gasteiger partial charge is 0.503 e. The second-order valence-electron chi connectivity index (χ2n) is 8.31. The van der Waals surface area contributed by atoms with E-state index >= 15 is 4.39 Å². The van der Waals surface area contributed by atoms with Crippen LogP contribution in [0.2, 0.25) is 0 Å². The minimum atomic E-state index is -1.22. The average molecular weight is 485 g/mol. The number of para-hydroxylation sites is 1. The minimum absolute atomic E-state index is 0.0522. The van der Waals surface area contributed by atoms with E-state index in [1.807, 2.05) is 25.1 Å². The standard InChI is InChI=1S/C27H17FN2O4S/c1-14-10-11-18-21(12-14)35-27(29-18)30-23(16-7-3-4-8-17(16)28)22(25(32)26(30)33)24(31)20-13-15-6-2-5-9-19(15)34-20/h2-13,23,32H,1H3/t23-/m0/s1. The zero-order valence-corrected chi connectivity index (χ0v) is 19.2. The molecule has 0 bridgehead atoms. The Morgan fingerprint density at radius 2 is 1.86 bits per heavy atom. The molecule has 0 spiro atoms. The predicted octanol–water partition coefficient (Wildman–Crippen LogP) is 6.27. The van der Waals surface area contributed by atoms with Gasteiger partial charge in [-0.2, -0.15) is 0 Å². The van der Waals surface area contributed by atoms with E-state index in [9.17, 15) is 14.7 Å². The van der Waals surface area contributed by atoms with Crippen molar-refractivity contribution in [3.05, 3.63) is 107 Å². The number of aromatic nitrogens is 1. The van der Waals surface area contributed by atoms with Gasteiger partial charge < -0.3 is 9.52 Å². The van der Waals surface area contributed by atoms with Crippen LogP contribution in [0.15, 0.2) is 88.5 Å². The smallest absolute Gasteiger partial charge is 0.296 e. The van der Waals surface area contributed by atoms with Crippen LogP contribution in [0.1, 0.15) is 27.7 Å². The maximum atomic E-state index is 15.1. The van der Waals surface area contributed by atoms with Crippen LogP contribution < -0.4 is 4.90 Å². The molecule has 5 aromatic rings. The molecule has 0 unspecified atom stereocenters. The highest BCUT2D eigenvalue weighted by Gasteiger charge is 2.47. The van der Waals surface area contributed by atoms with Gasteiger partial charge in [0, 0.05) is 10.9 Å². The van der Waals surface area contributed by atoms with E-state index in [0.717, 1.165) is 10.3 Å². The van der Waals surface area contributed by atoms with Crippen molar-refractivity contribution in [2.24, 2.45) is 0 Å². The molecule has 1 atom stereocenters. The lowest BCUT2D eigenvalue weighted by atomic mass is 9.95. The number of halogens is 1. The van der Waals surface area contributed by atoms with Gasteiger partial charge in [0.2, 0.25) is 5.78 Å². The van der Waals surface area contributed by atoms with Crippen molar-refractivity contribution in [3.63, 3.8) is 0 Å². The zero-order valence-electron chi connectivity index (χ0n) is 18.4. The summed E-state index contributed by atoms with van der Waals surface area (Å²) >= 11 is 1.23. The molecular formula is C27H17FN2O4S. The van der Waals surface area contributed by atoms with Crippen molar-refractivity contribution in [1.29, 1.82) is 0 Å². The lowest BCUT2D eigenvalue weighted by molar-refractivity contribution is -0.117. The van der Waals surface area contributed by atoms with E-state index in [-0.39, 0.29) is 22.0 Å². The topological polar surface area (TPSA) is 83.6 Å². The van der Waals surface area contributed by atoms with Gasteiger partial charge in [0.25, 0.3) is 5.91 Å². The van der Waals surface area contributed by atoms with Gasteiger partial charge in [-0.3, -0.25) is 14.5 Å². The number of carbonyl (C=O) groups is 2. The molecular weight excluding hydrogens is 467 g/mol. The Kier molecular flexibility index (Phi) is 4.79. The van der Waals surface area contributed by atoms with Crippen molar-refractivity contribution in [1.82, 2.24) is 4.98 Å². The molecule has 1 N–H and O–H groups in total. The minimum Gasteiger partial charge on any atom is -0.503 e. The number of nitrogens with zero attached hydrogens (tertiary/aromatic N) is 2. The van der Waals surface area contributed by atoms with Crippen LogP contribution in [0.25, 0.3) is 21.2 Å². The van der Waals surface area contributed by atoms with E-state index in [4.69, 9.17) is 4.42 Å². The Morgan fingerprint density at radius 1 is 1.09 bits per heavy atom. The van der Waals surface area contributed by atoms with Crippen LogP contribution in [-0.4, -0.2) is 21.8 Å². The molecule has 1 aliphatic heterocycles. The molecule has 0 fully saturated rings. The van der Waals surface area contributed by atoms with Crippen molar-refractivity contribution < 1.29 is 23.5 Å². The summed E-state index contributed by atoms with van der Waals surface area (Å²) in [5.41, 5.74) is 1.98. The van der Waals surface area contributed by atoms with Gasteiger partial charge in [-0.1, -0.05) is 53.8 Å². The normalized spacial score (nSPS) is 16.1. The highest BCUT2D eigenvalue weighted by atomic mass is 32.1. The number of aryl methyl sites for hydroxylation is 1. The third-order valence-electron chi connectivity index (χ3n) is 6.04. The molecule has 3 aromatic carbocycles. The first-order chi connectivity index (χ1) is 16.9. The number of Topliss-reactive ketones (excluding diaryl/α,β-unsaturated/α-hetero) is 1. The SMILES string of the molecule is Cc1ccc2nc(N3C(=O)C(O)=C(C(=O)c4cc5ccccc5o4)[C@@H]3c3ccccc3F)sc2c1. The maximum Gasteiger partial charge on any atom is 0.296 e. The highest BCUT2D eigenvalue weighted by molar-refractivity contribution is 7.22. The quantitative estimate of drug-likeness (QED) is 0.304. The van der Waals surface area contributed by atoms with E-state index in [1.54, 1.807) is 36.4 Å². The predicted molar refractivity (Wildman–Crippen MR) is 131 cm³/mol. The number of fused-ring (bicyclic) bond motifs is 2. The number of carbonyl (C=O) groups excluding carboxylic acids is 2. The Labute approximate surface area is 202 Å². The Hall–Kier alpha value is -4.30. The maximum absolute atomic E-state index is 15.1. The van der Waals surface area contributed by atoms with Crippen LogP contribution in [0, 0.1) is 12.7 Å². The van der Waals surface area contributed by atoms with E-state index in [1.165, 1.54) is 34.4 Å². The fourth-order valence-corrected chi connectivity index (χ4v) is 5.47. The summed E-state index contributed by atoms with van der Waals surface area (Å²) in [5, 5.41) is 11.9. The number of furan rings is 1.